The van der Waals surface area contributed by atoms with E-state index in [2.05, 4.69) is 10.5 Å². The average Bonchev–Trinajstić information content (AvgIpc) is 2.73. The van der Waals surface area contributed by atoms with Gasteiger partial charge >= 0.3 is 0 Å². The van der Waals surface area contributed by atoms with Gasteiger partial charge in [-0.05, 0) is 47.5 Å². The maximum Gasteiger partial charge on any atom is 0.271 e. The minimum Gasteiger partial charge on any atom is -0.493 e. The van der Waals surface area contributed by atoms with E-state index >= 15 is 0 Å². The van der Waals surface area contributed by atoms with Crippen LogP contribution in [0.2, 0.25) is 0 Å². The van der Waals surface area contributed by atoms with E-state index in [-0.39, 0.29) is 5.56 Å². The van der Waals surface area contributed by atoms with Crippen molar-refractivity contribution in [2.24, 2.45) is 5.10 Å². The van der Waals surface area contributed by atoms with E-state index < -0.39 is 11.7 Å². The molecule has 0 radical (unpaired) electrons. The number of hydrogen-bond donors (Lipinski definition) is 1. The summed E-state index contributed by atoms with van der Waals surface area (Å²) in [5, 5.41) is 3.90. The Morgan fingerprint density at radius 1 is 1.04 bits per heavy atom. The number of amides is 1. The van der Waals surface area contributed by atoms with Crippen LogP contribution < -0.4 is 14.9 Å². The number of benzene rings is 3. The number of carbonyl (C=O) groups excluding carboxylic acids is 1. The van der Waals surface area contributed by atoms with Crippen LogP contribution in [0.15, 0.2) is 77.9 Å². The highest BCUT2D eigenvalue weighted by Crippen LogP contribution is 2.28. The van der Waals surface area contributed by atoms with Crippen LogP contribution in [-0.2, 0) is 6.61 Å². The Balaban J connectivity index is 1.62. The van der Waals surface area contributed by atoms with E-state index in [9.17, 15) is 9.18 Å². The van der Waals surface area contributed by atoms with Crippen molar-refractivity contribution in [2.75, 3.05) is 7.11 Å². The van der Waals surface area contributed by atoms with Crippen LogP contribution in [0.5, 0.6) is 11.5 Å². The number of nitrogens with one attached hydrogen (secondary N) is 1. The topological polar surface area (TPSA) is 59.9 Å². The van der Waals surface area contributed by atoms with Crippen LogP contribution in [0.4, 0.5) is 4.39 Å². The molecule has 0 aliphatic rings. The number of carbonyl (C=O) groups is 1. The van der Waals surface area contributed by atoms with E-state index in [0.717, 1.165) is 11.6 Å². The van der Waals surface area contributed by atoms with E-state index in [0.29, 0.717) is 23.7 Å². The first-order valence-electron chi connectivity index (χ1n) is 8.59. The van der Waals surface area contributed by atoms with Crippen LogP contribution in [0.25, 0.3) is 0 Å². The second-order valence-corrected chi connectivity index (χ2v) is 5.89. The van der Waals surface area contributed by atoms with Crippen molar-refractivity contribution in [1.82, 2.24) is 5.43 Å². The molecule has 0 saturated carbocycles. The molecule has 0 saturated heterocycles. The summed E-state index contributed by atoms with van der Waals surface area (Å²) in [7, 11) is 1.55. The number of hydrazone groups is 1. The minimum atomic E-state index is -0.495. The Labute approximate surface area is 162 Å². The Morgan fingerprint density at radius 2 is 1.86 bits per heavy atom. The smallest absolute Gasteiger partial charge is 0.271 e. The average molecular weight is 378 g/mol. The second kappa shape index (κ2) is 9.32. The Morgan fingerprint density at radius 3 is 2.61 bits per heavy atom. The highest BCUT2D eigenvalue weighted by molar-refractivity contribution is 5.94. The highest BCUT2D eigenvalue weighted by Gasteiger charge is 2.07. The SMILES string of the molecule is COc1cc(/C=N/NC(=O)c2cccc(F)c2)ccc1OCc1ccccc1. The third-order valence-electron chi connectivity index (χ3n) is 3.89. The molecule has 1 amide bonds. The van der Waals surface area contributed by atoms with Crippen molar-refractivity contribution < 1.29 is 18.7 Å². The lowest BCUT2D eigenvalue weighted by atomic mass is 10.2. The molecule has 0 fully saturated rings. The zero-order chi connectivity index (χ0) is 19.8. The van der Waals surface area contributed by atoms with Crippen LogP contribution in [-0.4, -0.2) is 19.2 Å². The summed E-state index contributed by atoms with van der Waals surface area (Å²) in [5.74, 6) is 0.182. The Bertz CT molecular complexity index is 975. The van der Waals surface area contributed by atoms with Gasteiger partial charge in [0, 0.05) is 5.56 Å². The summed E-state index contributed by atoms with van der Waals surface area (Å²) >= 11 is 0. The number of methoxy groups -OCH3 is 1. The van der Waals surface area contributed by atoms with Crippen molar-refractivity contribution in [2.45, 2.75) is 6.61 Å². The van der Waals surface area contributed by atoms with E-state index in [1.807, 2.05) is 30.3 Å². The molecule has 6 heteroatoms. The van der Waals surface area contributed by atoms with E-state index in [1.54, 1.807) is 25.3 Å². The molecule has 28 heavy (non-hydrogen) atoms. The van der Waals surface area contributed by atoms with Gasteiger partial charge in [0.15, 0.2) is 11.5 Å². The van der Waals surface area contributed by atoms with Crippen molar-refractivity contribution in [3.8, 4) is 11.5 Å². The molecular formula is C22H19FN2O3. The molecule has 1 N–H and O–H groups in total. The van der Waals surface area contributed by atoms with Crippen LogP contribution in [0.3, 0.4) is 0 Å². The van der Waals surface area contributed by atoms with Crippen LogP contribution >= 0.6 is 0 Å². The predicted molar refractivity (Wildman–Crippen MR) is 105 cm³/mol. The normalized spacial score (nSPS) is 10.6. The summed E-state index contributed by atoms with van der Waals surface area (Å²) in [5.41, 5.74) is 4.32. The Kier molecular flexibility index (Phi) is 6.36. The van der Waals surface area contributed by atoms with Crippen LogP contribution in [0.1, 0.15) is 21.5 Å². The zero-order valence-electron chi connectivity index (χ0n) is 15.3. The lowest BCUT2D eigenvalue weighted by Crippen LogP contribution is -2.17. The largest absolute Gasteiger partial charge is 0.493 e. The van der Waals surface area contributed by atoms with Gasteiger partial charge in [-0.25, -0.2) is 9.82 Å². The third-order valence-corrected chi connectivity index (χ3v) is 3.89. The number of ether oxygens (including phenoxy) is 2. The Hall–Kier alpha value is -3.67. The lowest BCUT2D eigenvalue weighted by Gasteiger charge is -2.11. The maximum absolute atomic E-state index is 13.2. The zero-order valence-corrected chi connectivity index (χ0v) is 15.3. The van der Waals surface area contributed by atoms with Crippen molar-refractivity contribution in [1.29, 1.82) is 0 Å². The maximum atomic E-state index is 13.2. The van der Waals surface area contributed by atoms with Gasteiger partial charge in [-0.1, -0.05) is 36.4 Å². The van der Waals surface area contributed by atoms with Gasteiger partial charge in [-0.2, -0.15) is 5.10 Å². The van der Waals surface area contributed by atoms with Crippen molar-refractivity contribution >= 4 is 12.1 Å². The quantitative estimate of drug-likeness (QED) is 0.496. The fraction of sp³-hybridized carbons (Fsp3) is 0.0909. The predicted octanol–water partition coefficient (Wildman–Crippen LogP) is 4.18. The molecule has 0 spiro atoms. The number of rotatable bonds is 7. The molecule has 0 aliphatic heterocycles. The van der Waals surface area contributed by atoms with Gasteiger partial charge in [0.25, 0.3) is 5.91 Å². The highest BCUT2D eigenvalue weighted by atomic mass is 19.1. The van der Waals surface area contributed by atoms with Gasteiger partial charge in [0.2, 0.25) is 0 Å². The molecule has 0 bridgehead atoms. The second-order valence-electron chi connectivity index (χ2n) is 5.89. The van der Waals surface area contributed by atoms with Gasteiger partial charge < -0.3 is 9.47 Å². The summed E-state index contributed by atoms with van der Waals surface area (Å²) in [6.45, 7) is 0.425. The lowest BCUT2D eigenvalue weighted by molar-refractivity contribution is 0.0954. The first-order chi connectivity index (χ1) is 13.7. The monoisotopic (exact) mass is 378 g/mol. The molecule has 0 unspecified atom stereocenters. The van der Waals surface area contributed by atoms with E-state index in [1.165, 1.54) is 24.4 Å². The van der Waals surface area contributed by atoms with Gasteiger partial charge in [-0.15, -0.1) is 0 Å². The van der Waals surface area contributed by atoms with Gasteiger partial charge in [0.1, 0.15) is 12.4 Å². The van der Waals surface area contributed by atoms with E-state index in [4.69, 9.17) is 9.47 Å². The molecular weight excluding hydrogens is 359 g/mol. The minimum absolute atomic E-state index is 0.194. The first kappa shape index (κ1) is 19.1. The standard InChI is InChI=1S/C22H19FN2O3/c1-27-21-12-17(10-11-20(21)28-15-16-6-3-2-4-7-16)14-24-25-22(26)18-8-5-9-19(23)13-18/h2-14H,15H2,1H3,(H,25,26)/b24-14+. The molecule has 3 rings (SSSR count). The van der Waals surface area contributed by atoms with Gasteiger partial charge in [-0.3, -0.25) is 4.79 Å². The molecule has 3 aromatic rings. The van der Waals surface area contributed by atoms with Crippen molar-refractivity contribution in [3.63, 3.8) is 0 Å². The molecule has 0 atom stereocenters. The molecule has 5 nitrogen and oxygen atoms in total. The summed E-state index contributed by atoms with van der Waals surface area (Å²) in [6.07, 6.45) is 1.47. The summed E-state index contributed by atoms with van der Waals surface area (Å²) in [4.78, 5) is 11.9. The number of halogens is 1. The number of nitrogens with zero attached hydrogens (tertiary/aromatic N) is 1. The third kappa shape index (κ3) is 5.17. The molecule has 142 valence electrons. The van der Waals surface area contributed by atoms with Gasteiger partial charge in [0.05, 0.1) is 13.3 Å². The van der Waals surface area contributed by atoms with Crippen LogP contribution in [0, 0.1) is 5.82 Å². The molecule has 3 aromatic carbocycles. The fourth-order valence-electron chi connectivity index (χ4n) is 2.48. The summed E-state index contributed by atoms with van der Waals surface area (Å²) < 4.78 is 24.3. The molecule has 0 heterocycles. The fourth-order valence-corrected chi connectivity index (χ4v) is 2.48. The molecule has 0 aliphatic carbocycles. The molecule has 0 aromatic heterocycles. The number of hydrogen-bond acceptors (Lipinski definition) is 4. The van der Waals surface area contributed by atoms with Crippen molar-refractivity contribution in [3.05, 3.63) is 95.3 Å². The summed E-state index contributed by atoms with van der Waals surface area (Å²) in [6, 6.07) is 20.5. The first-order valence-corrected chi connectivity index (χ1v) is 8.59.